The second-order valence-corrected chi connectivity index (χ2v) is 5.03. The summed E-state index contributed by atoms with van der Waals surface area (Å²) < 4.78 is 0.989. The van der Waals surface area contributed by atoms with Gasteiger partial charge in [0, 0.05) is 11.0 Å². The number of rotatable bonds is 4. The zero-order valence-electron chi connectivity index (χ0n) is 9.46. The number of carbonyl (C=O) groups is 1. The highest BCUT2D eigenvalue weighted by Gasteiger charge is 2.29. The zero-order chi connectivity index (χ0) is 12.2. The van der Waals surface area contributed by atoms with Gasteiger partial charge >= 0.3 is 0 Å². The van der Waals surface area contributed by atoms with Crippen molar-refractivity contribution in [1.29, 1.82) is 0 Å². The van der Waals surface area contributed by atoms with Crippen LogP contribution in [0.5, 0.6) is 0 Å². The van der Waals surface area contributed by atoms with Crippen molar-refractivity contribution in [3.63, 3.8) is 0 Å². The molecule has 4 heteroatoms. The minimum Gasteiger partial charge on any atom is -0.395 e. The summed E-state index contributed by atoms with van der Waals surface area (Å²) in [6.45, 7) is 3.98. The third kappa shape index (κ3) is 3.06. The molecule has 0 radical (unpaired) electrons. The van der Waals surface area contributed by atoms with Crippen LogP contribution in [0.15, 0.2) is 28.7 Å². The van der Waals surface area contributed by atoms with E-state index in [1.54, 1.807) is 0 Å². The summed E-state index contributed by atoms with van der Waals surface area (Å²) in [5, 5.41) is 11.4. The number of carbonyl (C=O) groups excluding carboxylic acids is 1. The summed E-state index contributed by atoms with van der Waals surface area (Å²) in [6, 6.07) is 7.66. The molecule has 0 saturated heterocycles. The maximum Gasteiger partial charge on any atom is 0.230 e. The standard InChI is InChI=1S/C12H16BrNO2/c1-12(2,11(16)14-7-8-15)9-3-5-10(13)6-4-9/h3-6,15H,7-8H2,1-2H3,(H,14,16). The van der Waals surface area contributed by atoms with Crippen LogP contribution in [0.1, 0.15) is 19.4 Å². The highest BCUT2D eigenvalue weighted by Crippen LogP contribution is 2.24. The Labute approximate surface area is 104 Å². The minimum atomic E-state index is -0.587. The van der Waals surface area contributed by atoms with Gasteiger partial charge in [0.15, 0.2) is 0 Å². The summed E-state index contributed by atoms with van der Waals surface area (Å²) in [7, 11) is 0. The maximum atomic E-state index is 11.9. The molecule has 1 rings (SSSR count). The molecule has 0 atom stereocenters. The molecule has 0 bridgehead atoms. The van der Waals surface area contributed by atoms with E-state index < -0.39 is 5.41 Å². The summed E-state index contributed by atoms with van der Waals surface area (Å²) in [5.74, 6) is -0.0797. The van der Waals surface area contributed by atoms with E-state index in [1.165, 1.54) is 0 Å². The van der Waals surface area contributed by atoms with E-state index in [-0.39, 0.29) is 12.5 Å². The van der Waals surface area contributed by atoms with Crippen LogP contribution in [0.3, 0.4) is 0 Å². The summed E-state index contributed by atoms with van der Waals surface area (Å²) >= 11 is 3.36. The Kier molecular flexibility index (Phi) is 4.50. The fraction of sp³-hybridized carbons (Fsp3) is 0.417. The van der Waals surface area contributed by atoms with Gasteiger partial charge in [0.1, 0.15) is 0 Å². The fourth-order valence-corrected chi connectivity index (χ4v) is 1.65. The molecule has 0 heterocycles. The van der Waals surface area contributed by atoms with E-state index in [2.05, 4.69) is 21.2 Å². The molecule has 0 unspecified atom stereocenters. The van der Waals surface area contributed by atoms with Crippen molar-refractivity contribution in [3.8, 4) is 0 Å². The average molecular weight is 286 g/mol. The molecular formula is C12H16BrNO2. The quantitative estimate of drug-likeness (QED) is 0.887. The number of nitrogens with one attached hydrogen (secondary N) is 1. The minimum absolute atomic E-state index is 0.0395. The van der Waals surface area contributed by atoms with Gasteiger partial charge in [-0.3, -0.25) is 4.79 Å². The molecule has 0 aliphatic carbocycles. The summed E-state index contributed by atoms with van der Waals surface area (Å²) in [5.41, 5.74) is 0.363. The van der Waals surface area contributed by atoms with Crippen molar-refractivity contribution in [2.45, 2.75) is 19.3 Å². The number of halogens is 1. The Bertz CT molecular complexity index is 360. The van der Waals surface area contributed by atoms with E-state index in [0.717, 1.165) is 10.0 Å². The third-order valence-corrected chi connectivity index (χ3v) is 3.06. The molecule has 1 aromatic carbocycles. The van der Waals surface area contributed by atoms with Gasteiger partial charge in [-0.15, -0.1) is 0 Å². The van der Waals surface area contributed by atoms with Crippen LogP contribution in [-0.4, -0.2) is 24.2 Å². The second kappa shape index (κ2) is 5.46. The van der Waals surface area contributed by atoms with Crippen LogP contribution in [0.2, 0.25) is 0 Å². The molecule has 16 heavy (non-hydrogen) atoms. The lowest BCUT2D eigenvalue weighted by Crippen LogP contribution is -2.41. The maximum absolute atomic E-state index is 11.9. The van der Waals surface area contributed by atoms with E-state index in [0.29, 0.717) is 6.54 Å². The Hall–Kier alpha value is -0.870. The van der Waals surface area contributed by atoms with Crippen molar-refractivity contribution in [2.75, 3.05) is 13.2 Å². The van der Waals surface area contributed by atoms with E-state index in [9.17, 15) is 4.79 Å². The van der Waals surface area contributed by atoms with E-state index in [4.69, 9.17) is 5.11 Å². The molecule has 0 spiro atoms. The lowest BCUT2D eigenvalue weighted by Gasteiger charge is -2.24. The number of aliphatic hydroxyl groups excluding tert-OH is 1. The molecule has 1 amide bonds. The predicted molar refractivity (Wildman–Crippen MR) is 67.3 cm³/mol. The highest BCUT2D eigenvalue weighted by atomic mass is 79.9. The van der Waals surface area contributed by atoms with Crippen molar-refractivity contribution >= 4 is 21.8 Å². The van der Waals surface area contributed by atoms with Crippen LogP contribution >= 0.6 is 15.9 Å². The first kappa shape index (κ1) is 13.2. The number of aliphatic hydroxyl groups is 1. The molecule has 88 valence electrons. The first-order valence-corrected chi connectivity index (χ1v) is 5.93. The summed E-state index contributed by atoms with van der Waals surface area (Å²) in [4.78, 5) is 11.9. The van der Waals surface area contributed by atoms with Crippen LogP contribution in [0.25, 0.3) is 0 Å². The smallest absolute Gasteiger partial charge is 0.230 e. The van der Waals surface area contributed by atoms with Gasteiger partial charge in [-0.2, -0.15) is 0 Å². The molecule has 0 saturated carbocycles. The second-order valence-electron chi connectivity index (χ2n) is 4.11. The van der Waals surface area contributed by atoms with Gasteiger partial charge in [0.2, 0.25) is 5.91 Å². The summed E-state index contributed by atoms with van der Waals surface area (Å²) in [6.07, 6.45) is 0. The van der Waals surface area contributed by atoms with Gasteiger partial charge in [0.25, 0.3) is 0 Å². The average Bonchev–Trinajstić information content (AvgIpc) is 2.26. The van der Waals surface area contributed by atoms with Crippen molar-refractivity contribution in [1.82, 2.24) is 5.32 Å². The molecule has 0 aromatic heterocycles. The molecular weight excluding hydrogens is 270 g/mol. The lowest BCUT2D eigenvalue weighted by atomic mass is 9.84. The van der Waals surface area contributed by atoms with Crippen molar-refractivity contribution in [3.05, 3.63) is 34.3 Å². The van der Waals surface area contributed by atoms with Crippen LogP contribution in [-0.2, 0) is 10.2 Å². The Balaban J connectivity index is 2.83. The lowest BCUT2D eigenvalue weighted by molar-refractivity contribution is -0.125. The first-order valence-electron chi connectivity index (χ1n) is 5.13. The fourth-order valence-electron chi connectivity index (χ4n) is 1.39. The van der Waals surface area contributed by atoms with Gasteiger partial charge in [0.05, 0.1) is 12.0 Å². The molecule has 0 aliphatic rings. The van der Waals surface area contributed by atoms with E-state index >= 15 is 0 Å². The van der Waals surface area contributed by atoms with Crippen LogP contribution in [0, 0.1) is 0 Å². The number of amides is 1. The van der Waals surface area contributed by atoms with Crippen LogP contribution < -0.4 is 5.32 Å². The monoisotopic (exact) mass is 285 g/mol. The SMILES string of the molecule is CC(C)(C(=O)NCCO)c1ccc(Br)cc1. The van der Waals surface area contributed by atoms with Gasteiger partial charge in [-0.05, 0) is 31.5 Å². The van der Waals surface area contributed by atoms with Crippen molar-refractivity contribution in [2.24, 2.45) is 0 Å². The molecule has 1 aromatic rings. The number of benzene rings is 1. The Morgan fingerprint density at radius 2 is 1.94 bits per heavy atom. The zero-order valence-corrected chi connectivity index (χ0v) is 11.0. The Morgan fingerprint density at radius 3 is 2.44 bits per heavy atom. The molecule has 3 nitrogen and oxygen atoms in total. The number of hydrogen-bond acceptors (Lipinski definition) is 2. The topological polar surface area (TPSA) is 49.3 Å². The van der Waals surface area contributed by atoms with Gasteiger partial charge < -0.3 is 10.4 Å². The van der Waals surface area contributed by atoms with E-state index in [1.807, 2.05) is 38.1 Å². The largest absolute Gasteiger partial charge is 0.395 e. The van der Waals surface area contributed by atoms with Gasteiger partial charge in [-0.1, -0.05) is 28.1 Å². The van der Waals surface area contributed by atoms with Crippen LogP contribution in [0.4, 0.5) is 0 Å². The third-order valence-electron chi connectivity index (χ3n) is 2.53. The van der Waals surface area contributed by atoms with Crippen molar-refractivity contribution < 1.29 is 9.90 Å². The predicted octanol–water partition coefficient (Wildman–Crippen LogP) is 1.84. The van der Waals surface area contributed by atoms with Gasteiger partial charge in [-0.25, -0.2) is 0 Å². The molecule has 0 fully saturated rings. The molecule has 0 aliphatic heterocycles. The normalized spacial score (nSPS) is 11.2. The Morgan fingerprint density at radius 1 is 1.38 bits per heavy atom. The molecule has 2 N–H and O–H groups in total. The first-order chi connectivity index (χ1) is 7.48. The highest BCUT2D eigenvalue weighted by molar-refractivity contribution is 9.10. The number of hydrogen-bond donors (Lipinski definition) is 2.